The molecule has 0 bridgehead atoms. The average Bonchev–Trinajstić information content (AvgIpc) is 3.19. The fourth-order valence-corrected chi connectivity index (χ4v) is 3.02. The van der Waals surface area contributed by atoms with Gasteiger partial charge in [0.1, 0.15) is 18.1 Å². The van der Waals surface area contributed by atoms with E-state index in [-0.39, 0.29) is 24.4 Å². The maximum Gasteiger partial charge on any atom is 0.251 e. The van der Waals surface area contributed by atoms with Crippen LogP contribution in [0.1, 0.15) is 22.1 Å². The number of ether oxygens (including phenoxy) is 1. The Morgan fingerprint density at radius 1 is 1.03 bits per heavy atom. The Morgan fingerprint density at radius 3 is 2.45 bits per heavy atom. The van der Waals surface area contributed by atoms with Crippen LogP contribution in [0.15, 0.2) is 66.9 Å². The number of rotatable bonds is 7. The summed E-state index contributed by atoms with van der Waals surface area (Å²) >= 11 is 0. The van der Waals surface area contributed by atoms with Crippen molar-refractivity contribution in [3.8, 4) is 5.75 Å². The molecule has 8 nitrogen and oxygen atoms in total. The molecule has 0 radical (unpaired) electrons. The van der Waals surface area contributed by atoms with Gasteiger partial charge in [0.15, 0.2) is 0 Å². The molecule has 0 saturated carbocycles. The quantitative estimate of drug-likeness (QED) is 0.662. The first-order chi connectivity index (χ1) is 14.2. The molecule has 148 valence electrons. The van der Waals surface area contributed by atoms with E-state index in [2.05, 4.69) is 15.6 Å². The second-order valence-electron chi connectivity index (χ2n) is 6.79. The van der Waals surface area contributed by atoms with Gasteiger partial charge in [0.25, 0.3) is 5.91 Å². The lowest BCUT2D eigenvalue weighted by Gasteiger charge is -2.38. The molecule has 2 amide bonds. The van der Waals surface area contributed by atoms with E-state index in [4.69, 9.17) is 4.74 Å². The van der Waals surface area contributed by atoms with Crippen molar-refractivity contribution in [2.75, 3.05) is 19.6 Å². The van der Waals surface area contributed by atoms with Crippen molar-refractivity contribution in [3.63, 3.8) is 0 Å². The summed E-state index contributed by atoms with van der Waals surface area (Å²) in [6.45, 7) is 1.41. The lowest BCUT2D eigenvalue weighted by molar-refractivity contribution is -0.136. The van der Waals surface area contributed by atoms with Gasteiger partial charge in [0, 0.05) is 18.7 Å². The van der Waals surface area contributed by atoms with E-state index in [1.807, 2.05) is 42.6 Å². The Balaban J connectivity index is 1.21. The largest absolute Gasteiger partial charge is 0.487 e. The highest BCUT2D eigenvalue weighted by Gasteiger charge is 2.32. The number of hydrogen-bond donors (Lipinski definition) is 1. The number of likely N-dealkylation sites (tertiary alicyclic amines) is 1. The van der Waals surface area contributed by atoms with Gasteiger partial charge in [-0.3, -0.25) is 9.59 Å². The number of carbonyl (C=O) groups excluding carboxylic acids is 2. The van der Waals surface area contributed by atoms with Crippen LogP contribution in [0.5, 0.6) is 5.75 Å². The molecule has 8 heteroatoms. The molecule has 4 rings (SSSR count). The Morgan fingerprint density at radius 2 is 1.72 bits per heavy atom. The minimum absolute atomic E-state index is 0.0199. The maximum absolute atomic E-state index is 12.2. The highest BCUT2D eigenvalue weighted by Crippen LogP contribution is 2.20. The van der Waals surface area contributed by atoms with Gasteiger partial charge in [-0.15, -0.1) is 5.10 Å². The van der Waals surface area contributed by atoms with Gasteiger partial charge in [-0.2, -0.15) is 0 Å². The summed E-state index contributed by atoms with van der Waals surface area (Å²) in [6, 6.07) is 18.4. The summed E-state index contributed by atoms with van der Waals surface area (Å²) in [5, 5.41) is 10.9. The van der Waals surface area contributed by atoms with Crippen LogP contribution in [-0.4, -0.2) is 51.3 Å². The van der Waals surface area contributed by atoms with Crippen LogP contribution in [0.3, 0.4) is 0 Å². The lowest BCUT2D eigenvalue weighted by Crippen LogP contribution is -2.53. The van der Waals surface area contributed by atoms with Gasteiger partial charge in [0.2, 0.25) is 5.91 Å². The summed E-state index contributed by atoms with van der Waals surface area (Å²) < 4.78 is 7.43. The number of nitrogens with one attached hydrogen (secondary N) is 1. The molecule has 3 aromatic rings. The van der Waals surface area contributed by atoms with Crippen molar-refractivity contribution < 1.29 is 14.3 Å². The van der Waals surface area contributed by atoms with Crippen LogP contribution in [0.2, 0.25) is 0 Å². The van der Waals surface area contributed by atoms with Crippen LogP contribution in [-0.2, 0) is 11.4 Å². The summed E-state index contributed by atoms with van der Waals surface area (Å²) in [5.74, 6) is 0.411. The minimum Gasteiger partial charge on any atom is -0.487 e. The Bertz CT molecular complexity index is 968. The van der Waals surface area contributed by atoms with E-state index in [1.165, 1.54) is 0 Å². The van der Waals surface area contributed by atoms with E-state index < -0.39 is 0 Å². The number of carbonyl (C=O) groups is 2. The lowest BCUT2D eigenvalue weighted by atomic mass is 10.1. The zero-order valence-corrected chi connectivity index (χ0v) is 15.8. The minimum atomic E-state index is -0.254. The SMILES string of the molecule is O=C(NCC(=O)N1CC(n2cc(COc3ccccc3)nn2)C1)c1ccccc1. The van der Waals surface area contributed by atoms with Crippen molar-refractivity contribution in [1.82, 2.24) is 25.2 Å². The van der Waals surface area contributed by atoms with Gasteiger partial charge in [0.05, 0.1) is 18.8 Å². The van der Waals surface area contributed by atoms with Crippen LogP contribution in [0.25, 0.3) is 0 Å². The maximum atomic E-state index is 12.2. The molecule has 1 fully saturated rings. The van der Waals surface area contributed by atoms with Gasteiger partial charge in [-0.05, 0) is 24.3 Å². The van der Waals surface area contributed by atoms with Crippen molar-refractivity contribution in [2.24, 2.45) is 0 Å². The molecule has 1 saturated heterocycles. The number of benzene rings is 2. The number of para-hydroxylation sites is 1. The monoisotopic (exact) mass is 391 g/mol. The summed E-state index contributed by atoms with van der Waals surface area (Å²) in [6.07, 6.45) is 1.84. The van der Waals surface area contributed by atoms with Crippen molar-refractivity contribution in [2.45, 2.75) is 12.6 Å². The highest BCUT2D eigenvalue weighted by molar-refractivity contribution is 5.96. The van der Waals surface area contributed by atoms with Crippen molar-refractivity contribution in [3.05, 3.63) is 78.1 Å². The van der Waals surface area contributed by atoms with Gasteiger partial charge in [-0.25, -0.2) is 4.68 Å². The molecule has 1 aromatic heterocycles. The molecule has 0 spiro atoms. The highest BCUT2D eigenvalue weighted by atomic mass is 16.5. The fourth-order valence-electron chi connectivity index (χ4n) is 3.02. The third kappa shape index (κ3) is 4.60. The fraction of sp³-hybridized carbons (Fsp3) is 0.238. The van der Waals surface area contributed by atoms with E-state index in [0.29, 0.717) is 25.3 Å². The zero-order chi connectivity index (χ0) is 20.1. The van der Waals surface area contributed by atoms with E-state index in [9.17, 15) is 9.59 Å². The number of hydrogen-bond acceptors (Lipinski definition) is 5. The van der Waals surface area contributed by atoms with Crippen molar-refractivity contribution in [1.29, 1.82) is 0 Å². The third-order valence-electron chi connectivity index (χ3n) is 4.71. The molecule has 1 N–H and O–H groups in total. The standard InChI is InChI=1S/C21H21N5O3/c27-20(11-22-21(28)16-7-3-1-4-8-16)25-13-18(14-25)26-12-17(23-24-26)15-29-19-9-5-2-6-10-19/h1-10,12,18H,11,13-15H2,(H,22,28). The first-order valence-corrected chi connectivity index (χ1v) is 9.38. The van der Waals surface area contributed by atoms with Gasteiger partial charge < -0.3 is 15.0 Å². The molecular weight excluding hydrogens is 370 g/mol. The second-order valence-corrected chi connectivity index (χ2v) is 6.79. The smallest absolute Gasteiger partial charge is 0.251 e. The molecular formula is C21H21N5O3. The number of amides is 2. The Kier molecular flexibility index (Phi) is 5.51. The normalized spacial score (nSPS) is 13.6. The second kappa shape index (κ2) is 8.55. The predicted molar refractivity (Wildman–Crippen MR) is 105 cm³/mol. The van der Waals surface area contributed by atoms with Crippen LogP contribution >= 0.6 is 0 Å². The zero-order valence-electron chi connectivity index (χ0n) is 15.8. The third-order valence-corrected chi connectivity index (χ3v) is 4.71. The summed E-state index contributed by atoms with van der Waals surface area (Å²) in [4.78, 5) is 26.0. The van der Waals surface area contributed by atoms with E-state index in [1.54, 1.807) is 33.8 Å². The molecule has 0 atom stereocenters. The topological polar surface area (TPSA) is 89.4 Å². The van der Waals surface area contributed by atoms with E-state index in [0.717, 1.165) is 11.4 Å². The van der Waals surface area contributed by atoms with Gasteiger partial charge in [-0.1, -0.05) is 41.6 Å². The molecule has 29 heavy (non-hydrogen) atoms. The van der Waals surface area contributed by atoms with Crippen LogP contribution < -0.4 is 10.1 Å². The number of aromatic nitrogens is 3. The van der Waals surface area contributed by atoms with Crippen LogP contribution in [0, 0.1) is 0 Å². The van der Waals surface area contributed by atoms with Crippen LogP contribution in [0.4, 0.5) is 0 Å². The first-order valence-electron chi connectivity index (χ1n) is 9.38. The summed E-state index contributed by atoms with van der Waals surface area (Å²) in [7, 11) is 0. The average molecular weight is 391 g/mol. The van der Waals surface area contributed by atoms with E-state index >= 15 is 0 Å². The molecule has 1 aliphatic heterocycles. The molecule has 0 unspecified atom stereocenters. The Labute approximate surface area is 168 Å². The molecule has 1 aliphatic rings. The van der Waals surface area contributed by atoms with Crippen molar-refractivity contribution >= 4 is 11.8 Å². The molecule has 2 aromatic carbocycles. The first kappa shape index (κ1) is 18.7. The molecule has 2 heterocycles. The molecule has 0 aliphatic carbocycles. The number of nitrogens with zero attached hydrogens (tertiary/aromatic N) is 4. The predicted octanol–water partition coefficient (Wildman–Crippen LogP) is 1.67. The summed E-state index contributed by atoms with van der Waals surface area (Å²) in [5.41, 5.74) is 1.27. The van der Waals surface area contributed by atoms with Gasteiger partial charge >= 0.3 is 0 Å². The Hall–Kier alpha value is -3.68.